The van der Waals surface area contributed by atoms with Crippen molar-refractivity contribution < 1.29 is 9.13 Å². The molecule has 1 heterocycles. The topological polar surface area (TPSA) is 47.0 Å². The van der Waals surface area contributed by atoms with Gasteiger partial charge in [0.25, 0.3) is 0 Å². The van der Waals surface area contributed by atoms with Crippen molar-refractivity contribution in [1.29, 1.82) is 0 Å². The van der Waals surface area contributed by atoms with Gasteiger partial charge in [-0.25, -0.2) is 14.4 Å². The van der Waals surface area contributed by atoms with Crippen molar-refractivity contribution in [3.8, 4) is 0 Å². The molecule has 5 heteroatoms. The van der Waals surface area contributed by atoms with Gasteiger partial charge in [0.05, 0.1) is 11.8 Å². The summed E-state index contributed by atoms with van der Waals surface area (Å²) in [6.45, 7) is 6.10. The molecule has 0 spiro atoms. The summed E-state index contributed by atoms with van der Waals surface area (Å²) in [5.41, 5.74) is 0.436. The Kier molecular flexibility index (Phi) is 3.52. The number of halogens is 1. The number of methoxy groups -OCH3 is 1. The average Bonchev–Trinajstić information content (AvgIpc) is 2.35. The summed E-state index contributed by atoms with van der Waals surface area (Å²) >= 11 is 0. The van der Waals surface area contributed by atoms with Gasteiger partial charge in [-0.1, -0.05) is 20.8 Å². The van der Waals surface area contributed by atoms with E-state index in [9.17, 15) is 4.39 Å². The van der Waals surface area contributed by atoms with E-state index in [-0.39, 0.29) is 23.4 Å². The Bertz CT molecular complexity index is 436. The molecule has 0 aromatic carbocycles. The molecule has 2 unspecified atom stereocenters. The Hall–Kier alpha value is -1.23. The maximum absolute atomic E-state index is 14.0. The molecular formula is C13H20FN3O. The number of nitrogens with one attached hydrogen (secondary N) is 1. The number of ether oxygens (including phenoxy) is 1. The monoisotopic (exact) mass is 253 g/mol. The predicted molar refractivity (Wildman–Crippen MR) is 68.0 cm³/mol. The molecule has 1 N–H and O–H groups in total. The molecule has 2 rings (SSSR count). The molecule has 1 saturated carbocycles. The Morgan fingerprint density at radius 1 is 1.50 bits per heavy atom. The highest BCUT2D eigenvalue weighted by Gasteiger charge is 2.48. The summed E-state index contributed by atoms with van der Waals surface area (Å²) < 4.78 is 19.4. The van der Waals surface area contributed by atoms with Crippen LogP contribution in [-0.2, 0) is 11.2 Å². The highest BCUT2D eigenvalue weighted by atomic mass is 19.1. The SMILES string of the molecule is CCc1ncnc(NC2CC(OC)C2(C)C)c1F. The van der Waals surface area contributed by atoms with E-state index < -0.39 is 0 Å². The van der Waals surface area contributed by atoms with E-state index in [4.69, 9.17) is 4.74 Å². The molecule has 0 bridgehead atoms. The molecule has 1 aliphatic carbocycles. The van der Waals surface area contributed by atoms with Gasteiger partial charge in [-0.05, 0) is 12.8 Å². The third-order valence-electron chi connectivity index (χ3n) is 3.97. The highest BCUT2D eigenvalue weighted by Crippen LogP contribution is 2.44. The fraction of sp³-hybridized carbons (Fsp3) is 0.692. The van der Waals surface area contributed by atoms with Crippen molar-refractivity contribution in [2.24, 2.45) is 5.41 Å². The number of hydrogen-bond donors (Lipinski definition) is 1. The smallest absolute Gasteiger partial charge is 0.186 e. The second-order valence-corrected chi connectivity index (χ2v) is 5.31. The zero-order valence-corrected chi connectivity index (χ0v) is 11.3. The van der Waals surface area contributed by atoms with E-state index in [2.05, 4.69) is 29.1 Å². The van der Waals surface area contributed by atoms with Gasteiger partial charge in [0.15, 0.2) is 11.6 Å². The fourth-order valence-corrected chi connectivity index (χ4v) is 2.45. The van der Waals surface area contributed by atoms with Gasteiger partial charge < -0.3 is 10.1 Å². The second-order valence-electron chi connectivity index (χ2n) is 5.31. The third kappa shape index (κ3) is 2.07. The van der Waals surface area contributed by atoms with Crippen LogP contribution in [0.15, 0.2) is 6.33 Å². The fourth-order valence-electron chi connectivity index (χ4n) is 2.45. The number of aromatic nitrogens is 2. The van der Waals surface area contributed by atoms with Crippen molar-refractivity contribution in [1.82, 2.24) is 9.97 Å². The van der Waals surface area contributed by atoms with Gasteiger partial charge in [-0.3, -0.25) is 0 Å². The van der Waals surface area contributed by atoms with Crippen molar-refractivity contribution in [3.63, 3.8) is 0 Å². The van der Waals surface area contributed by atoms with Crippen LogP contribution in [0.1, 0.15) is 32.9 Å². The lowest BCUT2D eigenvalue weighted by Crippen LogP contribution is -2.57. The molecule has 2 atom stereocenters. The van der Waals surface area contributed by atoms with E-state index in [0.29, 0.717) is 17.9 Å². The largest absolute Gasteiger partial charge is 0.381 e. The van der Waals surface area contributed by atoms with Gasteiger partial charge in [-0.2, -0.15) is 0 Å². The minimum Gasteiger partial charge on any atom is -0.381 e. The first-order valence-electron chi connectivity index (χ1n) is 6.29. The Morgan fingerprint density at radius 3 is 2.78 bits per heavy atom. The Labute approximate surface area is 107 Å². The lowest BCUT2D eigenvalue weighted by molar-refractivity contribution is -0.0796. The molecule has 1 aliphatic rings. The summed E-state index contributed by atoms with van der Waals surface area (Å²) in [5.74, 6) is -0.0360. The molecule has 100 valence electrons. The molecule has 0 saturated heterocycles. The van der Waals surface area contributed by atoms with E-state index in [1.807, 2.05) is 6.92 Å². The first-order chi connectivity index (χ1) is 8.50. The van der Waals surface area contributed by atoms with Crippen LogP contribution >= 0.6 is 0 Å². The van der Waals surface area contributed by atoms with Crippen molar-refractivity contribution in [3.05, 3.63) is 17.8 Å². The Morgan fingerprint density at radius 2 is 2.22 bits per heavy atom. The van der Waals surface area contributed by atoms with Crippen LogP contribution in [0, 0.1) is 11.2 Å². The molecular weight excluding hydrogens is 233 g/mol. The summed E-state index contributed by atoms with van der Waals surface area (Å²) in [6, 6.07) is 0.177. The summed E-state index contributed by atoms with van der Waals surface area (Å²) in [6.07, 6.45) is 3.06. The molecule has 1 aromatic rings. The van der Waals surface area contributed by atoms with Crippen molar-refractivity contribution >= 4 is 5.82 Å². The maximum Gasteiger partial charge on any atom is 0.186 e. The molecule has 4 nitrogen and oxygen atoms in total. The molecule has 18 heavy (non-hydrogen) atoms. The molecule has 1 aromatic heterocycles. The van der Waals surface area contributed by atoms with Gasteiger partial charge in [0.2, 0.25) is 0 Å². The third-order valence-corrected chi connectivity index (χ3v) is 3.97. The lowest BCUT2D eigenvalue weighted by atomic mass is 9.64. The maximum atomic E-state index is 14.0. The molecule has 0 radical (unpaired) electrons. The zero-order chi connectivity index (χ0) is 13.3. The van der Waals surface area contributed by atoms with Gasteiger partial charge >= 0.3 is 0 Å². The predicted octanol–water partition coefficient (Wildman–Crippen LogP) is 2.40. The van der Waals surface area contributed by atoms with Crippen molar-refractivity contribution in [2.45, 2.75) is 45.8 Å². The quantitative estimate of drug-likeness (QED) is 0.895. The van der Waals surface area contributed by atoms with E-state index in [0.717, 1.165) is 6.42 Å². The van der Waals surface area contributed by atoms with E-state index in [1.165, 1.54) is 6.33 Å². The van der Waals surface area contributed by atoms with Gasteiger partial charge in [0, 0.05) is 18.6 Å². The van der Waals surface area contributed by atoms with Crippen molar-refractivity contribution in [2.75, 3.05) is 12.4 Å². The average molecular weight is 253 g/mol. The van der Waals surface area contributed by atoms with Crippen LogP contribution in [0.25, 0.3) is 0 Å². The number of anilines is 1. The summed E-state index contributed by atoms with van der Waals surface area (Å²) in [4.78, 5) is 7.91. The highest BCUT2D eigenvalue weighted by molar-refractivity contribution is 5.40. The van der Waals surface area contributed by atoms with E-state index in [1.54, 1.807) is 7.11 Å². The first-order valence-corrected chi connectivity index (χ1v) is 6.29. The summed E-state index contributed by atoms with van der Waals surface area (Å²) in [7, 11) is 1.71. The van der Waals surface area contributed by atoms with Crippen LogP contribution in [0.5, 0.6) is 0 Å². The number of aryl methyl sites for hydroxylation is 1. The number of hydrogen-bond acceptors (Lipinski definition) is 4. The Balaban J connectivity index is 2.12. The molecule has 0 amide bonds. The standard InChI is InChI=1S/C13H20FN3O/c1-5-8-11(14)12(16-7-15-8)17-9-6-10(18-4)13(9,2)3/h7,9-10H,5-6H2,1-4H3,(H,15,16,17). The first kappa shape index (κ1) is 13.2. The summed E-state index contributed by atoms with van der Waals surface area (Å²) in [5, 5.41) is 3.17. The van der Waals surface area contributed by atoms with Crippen LogP contribution in [-0.4, -0.2) is 29.2 Å². The number of nitrogens with zero attached hydrogens (tertiary/aromatic N) is 2. The zero-order valence-electron chi connectivity index (χ0n) is 11.3. The van der Waals surface area contributed by atoms with E-state index >= 15 is 0 Å². The van der Waals surface area contributed by atoms with Gasteiger partial charge in [0.1, 0.15) is 6.33 Å². The number of rotatable bonds is 4. The minimum absolute atomic E-state index is 0.0154. The molecule has 1 fully saturated rings. The minimum atomic E-state index is -0.336. The lowest BCUT2D eigenvalue weighted by Gasteiger charge is -2.51. The van der Waals surface area contributed by atoms with Crippen LogP contribution in [0.2, 0.25) is 0 Å². The van der Waals surface area contributed by atoms with Crippen LogP contribution in [0.3, 0.4) is 0 Å². The second kappa shape index (κ2) is 4.80. The van der Waals surface area contributed by atoms with Gasteiger partial charge in [-0.15, -0.1) is 0 Å². The van der Waals surface area contributed by atoms with Crippen LogP contribution in [0.4, 0.5) is 10.2 Å². The van der Waals surface area contributed by atoms with Crippen LogP contribution < -0.4 is 5.32 Å². The molecule has 0 aliphatic heterocycles. The normalized spacial score (nSPS) is 25.6.